The van der Waals surface area contributed by atoms with Crippen LogP contribution in [0, 0.1) is 5.41 Å². The molecule has 1 heterocycles. The average Bonchev–Trinajstić information content (AvgIpc) is 2.85. The van der Waals surface area contributed by atoms with E-state index in [1.54, 1.807) is 32.9 Å². The standard InChI is InChI=1S/C17H22F3N3O2/c1-15(2,3)16(25)10-13(17(18,19)20)21-23(16)14(24)11-6-8-12(9-7-11)22(4)5/h6-9,25H,10H2,1-5H3/t16-/m0/s1. The van der Waals surface area contributed by atoms with E-state index in [0.29, 0.717) is 5.01 Å². The van der Waals surface area contributed by atoms with Crippen LogP contribution in [-0.2, 0) is 0 Å². The molecule has 1 N–H and O–H groups in total. The average molecular weight is 357 g/mol. The number of carbonyl (C=O) groups is 1. The van der Waals surface area contributed by atoms with Gasteiger partial charge in [0.05, 0.1) is 0 Å². The van der Waals surface area contributed by atoms with Gasteiger partial charge in [-0.3, -0.25) is 4.79 Å². The second-order valence-electron chi connectivity index (χ2n) is 7.35. The minimum atomic E-state index is -4.71. The van der Waals surface area contributed by atoms with E-state index in [2.05, 4.69) is 5.10 Å². The van der Waals surface area contributed by atoms with Gasteiger partial charge in [0.15, 0.2) is 5.72 Å². The second kappa shape index (κ2) is 6.01. The first kappa shape index (κ1) is 19.2. The molecule has 2 rings (SSSR count). The normalized spacial score (nSPS) is 21.3. The molecule has 1 aliphatic rings. The Bertz CT molecular complexity index is 691. The van der Waals surface area contributed by atoms with E-state index < -0.39 is 35.4 Å². The van der Waals surface area contributed by atoms with Crippen molar-refractivity contribution in [3.05, 3.63) is 29.8 Å². The fraction of sp³-hybridized carbons (Fsp3) is 0.529. The summed E-state index contributed by atoms with van der Waals surface area (Å²) in [5.41, 5.74) is -3.26. The summed E-state index contributed by atoms with van der Waals surface area (Å²) in [6, 6.07) is 6.35. The van der Waals surface area contributed by atoms with E-state index in [1.807, 2.05) is 19.0 Å². The zero-order chi connectivity index (χ0) is 19.2. The number of benzene rings is 1. The number of hydrogen-bond donors (Lipinski definition) is 1. The predicted molar refractivity (Wildman–Crippen MR) is 89.5 cm³/mol. The summed E-state index contributed by atoms with van der Waals surface area (Å²) in [7, 11) is 3.66. The highest BCUT2D eigenvalue weighted by Crippen LogP contribution is 2.44. The van der Waals surface area contributed by atoms with Crippen molar-refractivity contribution >= 4 is 17.3 Å². The zero-order valence-electron chi connectivity index (χ0n) is 14.8. The molecule has 5 nitrogen and oxygen atoms in total. The van der Waals surface area contributed by atoms with E-state index in [9.17, 15) is 23.1 Å². The number of halogens is 3. The maximum atomic E-state index is 13.1. The third-order valence-corrected chi connectivity index (χ3v) is 4.34. The van der Waals surface area contributed by atoms with Crippen LogP contribution in [0.1, 0.15) is 37.6 Å². The summed E-state index contributed by atoms with van der Waals surface area (Å²) >= 11 is 0. The van der Waals surface area contributed by atoms with Crippen LogP contribution in [0.4, 0.5) is 18.9 Å². The van der Waals surface area contributed by atoms with Crippen LogP contribution < -0.4 is 4.90 Å². The molecular formula is C17H22F3N3O2. The van der Waals surface area contributed by atoms with Crippen molar-refractivity contribution < 1.29 is 23.1 Å². The van der Waals surface area contributed by atoms with Crippen LogP contribution in [0.25, 0.3) is 0 Å². The number of hydrazone groups is 1. The quantitative estimate of drug-likeness (QED) is 0.884. The van der Waals surface area contributed by atoms with E-state index in [4.69, 9.17) is 0 Å². The lowest BCUT2D eigenvalue weighted by Gasteiger charge is -2.41. The fourth-order valence-electron chi connectivity index (χ4n) is 2.52. The summed E-state index contributed by atoms with van der Waals surface area (Å²) in [6.45, 7) is 4.70. The summed E-state index contributed by atoms with van der Waals surface area (Å²) in [6.07, 6.45) is -5.47. The lowest BCUT2D eigenvalue weighted by Crippen LogP contribution is -2.55. The lowest BCUT2D eigenvalue weighted by atomic mass is 9.80. The third-order valence-electron chi connectivity index (χ3n) is 4.34. The Morgan fingerprint density at radius 1 is 1.20 bits per heavy atom. The van der Waals surface area contributed by atoms with Gasteiger partial charge in [-0.15, -0.1) is 0 Å². The van der Waals surface area contributed by atoms with E-state index in [0.717, 1.165) is 5.69 Å². The Morgan fingerprint density at radius 2 is 1.72 bits per heavy atom. The molecule has 8 heteroatoms. The van der Waals surface area contributed by atoms with Crippen LogP contribution >= 0.6 is 0 Å². The Kier molecular flexibility index (Phi) is 4.63. The number of aliphatic hydroxyl groups is 1. The molecular weight excluding hydrogens is 335 g/mol. The number of rotatable bonds is 2. The topological polar surface area (TPSA) is 56.1 Å². The van der Waals surface area contributed by atoms with Crippen LogP contribution in [0.2, 0.25) is 0 Å². The smallest absolute Gasteiger partial charge is 0.378 e. The molecule has 1 aliphatic heterocycles. The van der Waals surface area contributed by atoms with Crippen molar-refractivity contribution in [1.82, 2.24) is 5.01 Å². The molecule has 1 aromatic rings. The second-order valence-corrected chi connectivity index (χ2v) is 7.35. The Labute approximate surface area is 144 Å². The first-order chi connectivity index (χ1) is 11.3. The van der Waals surface area contributed by atoms with Crippen molar-refractivity contribution in [2.24, 2.45) is 10.5 Å². The monoisotopic (exact) mass is 357 g/mol. The van der Waals surface area contributed by atoms with Crippen molar-refractivity contribution in [1.29, 1.82) is 0 Å². The predicted octanol–water partition coefficient (Wildman–Crippen LogP) is 3.25. The van der Waals surface area contributed by atoms with Crippen molar-refractivity contribution in [3.8, 4) is 0 Å². The molecule has 138 valence electrons. The largest absolute Gasteiger partial charge is 0.431 e. The molecule has 0 spiro atoms. The number of amides is 1. The molecule has 1 atom stereocenters. The molecule has 0 aliphatic carbocycles. The summed E-state index contributed by atoms with van der Waals surface area (Å²) < 4.78 is 39.3. The first-order valence-electron chi connectivity index (χ1n) is 7.76. The SMILES string of the molecule is CN(C)c1ccc(C(=O)N2N=C(C(F)(F)F)C[C@]2(O)C(C)(C)C)cc1. The fourth-order valence-corrected chi connectivity index (χ4v) is 2.52. The van der Waals surface area contributed by atoms with E-state index >= 15 is 0 Å². The number of hydrogen-bond acceptors (Lipinski definition) is 4. The lowest BCUT2D eigenvalue weighted by molar-refractivity contribution is -0.144. The molecule has 0 saturated carbocycles. The highest BCUT2D eigenvalue weighted by atomic mass is 19.4. The molecule has 0 radical (unpaired) electrons. The van der Waals surface area contributed by atoms with Crippen LogP contribution in [0.15, 0.2) is 29.4 Å². The Morgan fingerprint density at radius 3 is 2.12 bits per heavy atom. The van der Waals surface area contributed by atoms with Gasteiger partial charge in [-0.2, -0.15) is 23.3 Å². The van der Waals surface area contributed by atoms with Gasteiger partial charge in [0.2, 0.25) is 0 Å². The molecule has 0 aromatic heterocycles. The van der Waals surface area contributed by atoms with E-state index in [1.165, 1.54) is 12.1 Å². The van der Waals surface area contributed by atoms with Crippen LogP contribution in [0.3, 0.4) is 0 Å². The molecule has 0 fully saturated rings. The third kappa shape index (κ3) is 3.49. The number of anilines is 1. The van der Waals surface area contributed by atoms with Gasteiger partial charge in [0, 0.05) is 37.2 Å². The van der Waals surface area contributed by atoms with E-state index in [-0.39, 0.29) is 5.56 Å². The van der Waals surface area contributed by atoms with Gasteiger partial charge in [-0.1, -0.05) is 20.8 Å². The van der Waals surface area contributed by atoms with Gasteiger partial charge in [0.1, 0.15) is 5.71 Å². The van der Waals surface area contributed by atoms with Crippen molar-refractivity contribution in [2.75, 3.05) is 19.0 Å². The number of alkyl halides is 3. The summed E-state index contributed by atoms with van der Waals surface area (Å²) in [5.74, 6) is -0.776. The highest BCUT2D eigenvalue weighted by Gasteiger charge is 2.57. The molecule has 0 bridgehead atoms. The number of nitrogens with zero attached hydrogens (tertiary/aromatic N) is 3. The Balaban J connectivity index is 2.44. The van der Waals surface area contributed by atoms with Gasteiger partial charge >= 0.3 is 6.18 Å². The molecule has 25 heavy (non-hydrogen) atoms. The maximum Gasteiger partial charge on any atom is 0.431 e. The molecule has 1 aromatic carbocycles. The minimum Gasteiger partial charge on any atom is -0.378 e. The van der Waals surface area contributed by atoms with Crippen LogP contribution in [-0.4, -0.2) is 47.7 Å². The Hall–Kier alpha value is -2.09. The minimum absolute atomic E-state index is 0.153. The van der Waals surface area contributed by atoms with Crippen molar-refractivity contribution in [3.63, 3.8) is 0 Å². The number of carbonyl (C=O) groups excluding carboxylic acids is 1. The van der Waals surface area contributed by atoms with Crippen molar-refractivity contribution in [2.45, 2.75) is 39.1 Å². The maximum absolute atomic E-state index is 13.1. The summed E-state index contributed by atoms with van der Waals surface area (Å²) in [4.78, 5) is 14.6. The first-order valence-corrected chi connectivity index (χ1v) is 7.76. The molecule has 1 amide bonds. The zero-order valence-corrected chi connectivity index (χ0v) is 14.8. The van der Waals surface area contributed by atoms with Gasteiger partial charge in [0.25, 0.3) is 5.91 Å². The molecule has 0 unspecified atom stereocenters. The van der Waals surface area contributed by atoms with Crippen LogP contribution in [0.5, 0.6) is 0 Å². The molecule has 0 saturated heterocycles. The summed E-state index contributed by atoms with van der Waals surface area (Å²) in [5, 5.41) is 14.9. The van der Waals surface area contributed by atoms with Gasteiger partial charge in [-0.05, 0) is 24.3 Å². The highest BCUT2D eigenvalue weighted by molar-refractivity contribution is 6.00. The van der Waals surface area contributed by atoms with Gasteiger partial charge < -0.3 is 10.0 Å². The van der Waals surface area contributed by atoms with Gasteiger partial charge in [-0.25, -0.2) is 0 Å².